The molecule has 0 fully saturated rings. The van der Waals surface area contributed by atoms with Crippen LogP contribution in [0.2, 0.25) is 0 Å². The summed E-state index contributed by atoms with van der Waals surface area (Å²) in [4.78, 5) is 21.7. The fourth-order valence-corrected chi connectivity index (χ4v) is 0.110. The molecule has 0 aromatic carbocycles. The molecule has 0 heterocycles. The van der Waals surface area contributed by atoms with Crippen LogP contribution in [0.5, 0.6) is 0 Å². The molecule has 0 aromatic rings. The summed E-state index contributed by atoms with van der Waals surface area (Å²) in [5, 5.41) is 15.2. The van der Waals surface area contributed by atoms with E-state index in [2.05, 4.69) is 4.99 Å². The van der Waals surface area contributed by atoms with E-state index in [9.17, 15) is 4.79 Å². The molecule has 0 atom stereocenters. The van der Waals surface area contributed by atoms with Gasteiger partial charge < -0.3 is 10.2 Å². The Bertz CT molecular complexity index is 141. The van der Waals surface area contributed by atoms with Crippen molar-refractivity contribution in [1.82, 2.24) is 0 Å². The molecule has 0 aliphatic heterocycles. The number of aliphatic imine (C=N–C) groups is 1. The Morgan fingerprint density at radius 3 is 1.64 bits per heavy atom. The first-order valence-corrected chi connectivity index (χ1v) is 2.35. The van der Waals surface area contributed by atoms with Crippen molar-refractivity contribution in [2.45, 2.75) is 6.92 Å². The van der Waals surface area contributed by atoms with Gasteiger partial charge >= 0.3 is 35.5 Å². The summed E-state index contributed by atoms with van der Waals surface area (Å²) >= 11 is 0. The second-order valence-corrected chi connectivity index (χ2v) is 1.24. The summed E-state index contributed by atoms with van der Waals surface area (Å²) < 4.78 is 0. The van der Waals surface area contributed by atoms with Crippen LogP contribution in [0.1, 0.15) is 6.92 Å². The van der Waals surface area contributed by atoms with Gasteiger partial charge in [-0.1, -0.05) is 0 Å². The summed E-state index contributed by atoms with van der Waals surface area (Å²) in [5.74, 6) is -1.84. The van der Waals surface area contributed by atoms with Crippen molar-refractivity contribution >= 4 is 47.7 Å². The quantitative estimate of drug-likeness (QED) is 0.400. The maximum absolute atomic E-state index is 9.45. The van der Waals surface area contributed by atoms with Crippen molar-refractivity contribution in [2.75, 3.05) is 7.05 Å². The van der Waals surface area contributed by atoms with Crippen LogP contribution in [-0.4, -0.2) is 65.0 Å². The fraction of sp³-hybridized carbons (Fsp3) is 0.400. The zero-order valence-corrected chi connectivity index (χ0v) is 5.74. The maximum atomic E-state index is 9.45. The zero-order valence-electron chi connectivity index (χ0n) is 5.74. The number of carboxylic acid groups (broad SMARTS) is 2. The second-order valence-electron chi connectivity index (χ2n) is 1.24. The van der Waals surface area contributed by atoms with Crippen molar-refractivity contribution < 1.29 is 19.8 Å². The molecule has 60 valence electrons. The molecule has 0 unspecified atom stereocenters. The first-order chi connectivity index (χ1) is 4.50. The van der Waals surface area contributed by atoms with Gasteiger partial charge in [-0.3, -0.25) is 9.79 Å². The fourth-order valence-electron chi connectivity index (χ4n) is 0.110. The van der Waals surface area contributed by atoms with Gasteiger partial charge in [0.25, 0.3) is 5.97 Å². The summed E-state index contributed by atoms with van der Waals surface area (Å²) in [6.45, 7) is 1.08. The molecule has 0 aliphatic rings. The van der Waals surface area contributed by atoms with Crippen LogP contribution in [0, 0.1) is 0 Å². The number of carboxylic acids is 2. The normalized spacial score (nSPS) is 7.45. The van der Waals surface area contributed by atoms with Crippen LogP contribution in [-0.2, 0) is 9.59 Å². The Morgan fingerprint density at radius 2 is 1.64 bits per heavy atom. The molecule has 0 saturated carbocycles. The van der Waals surface area contributed by atoms with Crippen molar-refractivity contribution in [3.8, 4) is 0 Å². The summed E-state index contributed by atoms with van der Waals surface area (Å²) in [5.41, 5.74) is 0. The van der Waals surface area contributed by atoms with E-state index in [0.29, 0.717) is 0 Å². The van der Waals surface area contributed by atoms with E-state index in [1.54, 1.807) is 0 Å². The Labute approximate surface area is 86.4 Å². The van der Waals surface area contributed by atoms with Gasteiger partial charge in [0.15, 0.2) is 0 Å². The van der Waals surface area contributed by atoms with E-state index >= 15 is 0 Å². The van der Waals surface area contributed by atoms with Crippen LogP contribution in [0.4, 0.5) is 0 Å². The van der Waals surface area contributed by atoms with Gasteiger partial charge in [0, 0.05) is 14.0 Å². The zero-order chi connectivity index (χ0) is 8.57. The van der Waals surface area contributed by atoms with Crippen LogP contribution in [0.25, 0.3) is 0 Å². The predicted octanol–water partition coefficient (Wildman–Crippen LogP) is -0.786. The molecular formula is C5H10NNaO4. The SMILES string of the molecule is CC(=O)O.CN=CC(=O)O.[NaH]. The minimum atomic E-state index is -1.00. The molecule has 0 saturated heterocycles. The van der Waals surface area contributed by atoms with Crippen molar-refractivity contribution in [3.63, 3.8) is 0 Å². The topological polar surface area (TPSA) is 87.0 Å². The Morgan fingerprint density at radius 1 is 1.36 bits per heavy atom. The first-order valence-electron chi connectivity index (χ1n) is 2.35. The monoisotopic (exact) mass is 171 g/mol. The molecule has 0 rings (SSSR count). The molecule has 0 amide bonds. The van der Waals surface area contributed by atoms with E-state index in [1.807, 2.05) is 0 Å². The second kappa shape index (κ2) is 12.3. The number of rotatable bonds is 1. The van der Waals surface area contributed by atoms with Crippen molar-refractivity contribution in [1.29, 1.82) is 0 Å². The molecule has 0 aromatic heterocycles. The third-order valence-corrected chi connectivity index (χ3v) is 0.240. The summed E-state index contributed by atoms with van der Waals surface area (Å²) in [6.07, 6.45) is 0.833. The van der Waals surface area contributed by atoms with E-state index in [-0.39, 0.29) is 29.6 Å². The number of hydrogen-bond acceptors (Lipinski definition) is 3. The van der Waals surface area contributed by atoms with E-state index in [4.69, 9.17) is 15.0 Å². The average Bonchev–Trinajstić information content (AvgIpc) is 1.62. The van der Waals surface area contributed by atoms with Crippen LogP contribution in [0.15, 0.2) is 4.99 Å². The number of aliphatic carboxylic acids is 2. The van der Waals surface area contributed by atoms with Gasteiger partial charge in [0.05, 0.1) is 0 Å². The molecule has 11 heavy (non-hydrogen) atoms. The standard InChI is InChI=1S/C3H5NO2.C2H4O2.Na.H/c1-4-2-3(5)6;1-2(3)4;;/h2H,1H3,(H,5,6);1H3,(H,3,4);;. The molecule has 6 heteroatoms. The molecule has 0 bridgehead atoms. The summed E-state index contributed by atoms with van der Waals surface area (Å²) in [7, 11) is 1.41. The number of carbonyl (C=O) groups is 2. The van der Waals surface area contributed by atoms with Crippen LogP contribution in [0.3, 0.4) is 0 Å². The Hall–Kier alpha value is -0.390. The molecule has 2 N–H and O–H groups in total. The molecule has 0 radical (unpaired) electrons. The first kappa shape index (κ1) is 16.9. The van der Waals surface area contributed by atoms with E-state index < -0.39 is 11.9 Å². The Kier molecular flexibility index (Phi) is 18.9. The summed E-state index contributed by atoms with van der Waals surface area (Å²) in [6, 6.07) is 0. The van der Waals surface area contributed by atoms with Crippen LogP contribution >= 0.6 is 0 Å². The van der Waals surface area contributed by atoms with Gasteiger partial charge in [-0.05, 0) is 0 Å². The number of nitrogens with zero attached hydrogens (tertiary/aromatic N) is 1. The minimum absolute atomic E-state index is 0. The van der Waals surface area contributed by atoms with Crippen molar-refractivity contribution in [2.24, 2.45) is 4.99 Å². The van der Waals surface area contributed by atoms with Crippen molar-refractivity contribution in [3.05, 3.63) is 0 Å². The van der Waals surface area contributed by atoms with Gasteiger partial charge in [-0.15, -0.1) is 0 Å². The molecule has 5 nitrogen and oxygen atoms in total. The molecule has 0 aliphatic carbocycles. The van der Waals surface area contributed by atoms with Gasteiger partial charge in [0.1, 0.15) is 6.21 Å². The van der Waals surface area contributed by atoms with Gasteiger partial charge in [-0.25, -0.2) is 4.79 Å². The predicted molar refractivity (Wildman–Crippen MR) is 42.5 cm³/mol. The van der Waals surface area contributed by atoms with Gasteiger partial charge in [0.2, 0.25) is 0 Å². The van der Waals surface area contributed by atoms with Gasteiger partial charge in [-0.2, -0.15) is 0 Å². The Balaban J connectivity index is -0.000000114. The third kappa shape index (κ3) is 81.7. The van der Waals surface area contributed by atoms with E-state index in [1.165, 1.54) is 7.05 Å². The third-order valence-electron chi connectivity index (χ3n) is 0.240. The molecule has 0 spiro atoms. The number of hydrogen-bond donors (Lipinski definition) is 2. The molecular weight excluding hydrogens is 161 g/mol. The van der Waals surface area contributed by atoms with Crippen LogP contribution < -0.4 is 0 Å². The van der Waals surface area contributed by atoms with E-state index in [0.717, 1.165) is 13.1 Å². The average molecular weight is 171 g/mol.